The van der Waals surface area contributed by atoms with E-state index in [1.54, 1.807) is 31.2 Å². The topological polar surface area (TPSA) is 86.8 Å². The molecule has 2 amide bonds. The second kappa shape index (κ2) is 12.1. The summed E-state index contributed by atoms with van der Waals surface area (Å²) in [5.74, 6) is -1.25. The fourth-order valence-corrected chi connectivity index (χ4v) is 5.10. The molecular weight excluding hydrogens is 481 g/mol. The van der Waals surface area contributed by atoms with E-state index in [0.717, 1.165) is 21.5 Å². The summed E-state index contributed by atoms with van der Waals surface area (Å²) in [5, 5.41) is 4.50. The number of sulfonamides is 1. The summed E-state index contributed by atoms with van der Waals surface area (Å²) in [5.41, 5.74) is 0.631. The van der Waals surface area contributed by atoms with Gasteiger partial charge in [0.15, 0.2) is 0 Å². The van der Waals surface area contributed by atoms with Crippen LogP contribution < -0.4 is 5.32 Å². The van der Waals surface area contributed by atoms with Gasteiger partial charge in [-0.3, -0.25) is 9.59 Å². The molecular formula is C27H32FN3O4S. The lowest BCUT2D eigenvalue weighted by Gasteiger charge is -2.32. The molecule has 1 N–H and O–H groups in total. The van der Waals surface area contributed by atoms with E-state index >= 15 is 0 Å². The van der Waals surface area contributed by atoms with E-state index in [0.29, 0.717) is 18.5 Å². The second-order valence-corrected chi connectivity index (χ2v) is 10.7. The maximum atomic E-state index is 13.5. The number of carbonyl (C=O) groups excluding carboxylic acids is 2. The zero-order valence-electron chi connectivity index (χ0n) is 20.8. The zero-order valence-corrected chi connectivity index (χ0v) is 21.6. The lowest BCUT2D eigenvalue weighted by atomic mass is 10.1. The average Bonchev–Trinajstić information content (AvgIpc) is 2.87. The first-order valence-electron chi connectivity index (χ1n) is 11.9. The number of nitrogens with one attached hydrogen (secondary N) is 1. The van der Waals surface area contributed by atoms with Crippen LogP contribution in [-0.4, -0.2) is 55.6 Å². The van der Waals surface area contributed by atoms with Gasteiger partial charge in [0.05, 0.1) is 11.4 Å². The van der Waals surface area contributed by atoms with Crippen molar-refractivity contribution in [1.29, 1.82) is 0 Å². The fourth-order valence-electron chi connectivity index (χ4n) is 3.95. The normalized spacial score (nSPS) is 12.5. The van der Waals surface area contributed by atoms with Gasteiger partial charge in [-0.1, -0.05) is 56.3 Å². The first-order chi connectivity index (χ1) is 17.2. The molecule has 0 aromatic heterocycles. The van der Waals surface area contributed by atoms with Crippen LogP contribution in [0, 0.1) is 5.82 Å². The van der Waals surface area contributed by atoms with E-state index in [-0.39, 0.29) is 17.3 Å². The Morgan fingerprint density at radius 1 is 0.972 bits per heavy atom. The predicted octanol–water partition coefficient (Wildman–Crippen LogP) is 3.93. The van der Waals surface area contributed by atoms with Crippen molar-refractivity contribution in [1.82, 2.24) is 14.5 Å². The lowest BCUT2D eigenvalue weighted by Crippen LogP contribution is -2.51. The Hall–Kier alpha value is -3.30. The molecule has 0 unspecified atom stereocenters. The van der Waals surface area contributed by atoms with Crippen molar-refractivity contribution < 1.29 is 22.4 Å². The molecule has 192 valence electrons. The Bertz CT molecular complexity index is 1310. The molecule has 0 radical (unpaired) electrons. The highest BCUT2D eigenvalue weighted by atomic mass is 32.2. The highest BCUT2D eigenvalue weighted by Gasteiger charge is 2.31. The zero-order chi connectivity index (χ0) is 26.3. The van der Waals surface area contributed by atoms with E-state index in [2.05, 4.69) is 5.32 Å². The van der Waals surface area contributed by atoms with Crippen LogP contribution in [0.5, 0.6) is 0 Å². The van der Waals surface area contributed by atoms with Crippen LogP contribution >= 0.6 is 0 Å². The van der Waals surface area contributed by atoms with Gasteiger partial charge < -0.3 is 10.2 Å². The van der Waals surface area contributed by atoms with Gasteiger partial charge in [0, 0.05) is 20.1 Å². The minimum absolute atomic E-state index is 0.0427. The molecule has 0 spiro atoms. The molecule has 3 aromatic carbocycles. The predicted molar refractivity (Wildman–Crippen MR) is 138 cm³/mol. The molecule has 3 aromatic rings. The van der Waals surface area contributed by atoms with Crippen molar-refractivity contribution in [2.45, 2.75) is 44.2 Å². The molecule has 0 aliphatic heterocycles. The number of carbonyl (C=O) groups is 2. The van der Waals surface area contributed by atoms with E-state index in [1.807, 2.05) is 31.2 Å². The van der Waals surface area contributed by atoms with Crippen LogP contribution in [0.2, 0.25) is 0 Å². The number of hydrogen-bond donors (Lipinski definition) is 1. The molecule has 0 saturated heterocycles. The summed E-state index contributed by atoms with van der Waals surface area (Å²) in [4.78, 5) is 27.8. The number of amides is 2. The van der Waals surface area contributed by atoms with Gasteiger partial charge in [-0.25, -0.2) is 12.8 Å². The number of hydrogen-bond acceptors (Lipinski definition) is 4. The number of benzene rings is 3. The van der Waals surface area contributed by atoms with Crippen molar-refractivity contribution in [2.75, 3.05) is 20.1 Å². The van der Waals surface area contributed by atoms with Crippen LogP contribution in [-0.2, 0) is 26.2 Å². The molecule has 36 heavy (non-hydrogen) atoms. The summed E-state index contributed by atoms with van der Waals surface area (Å²) in [6.07, 6.45) is 1.07. The number of likely N-dealkylation sites (N-methyl/N-ethyl adjacent to an activating group) is 1. The highest BCUT2D eigenvalue weighted by Crippen LogP contribution is 2.22. The third kappa shape index (κ3) is 6.47. The second-order valence-electron chi connectivity index (χ2n) is 8.63. The average molecular weight is 514 g/mol. The Morgan fingerprint density at radius 3 is 2.28 bits per heavy atom. The fraction of sp³-hybridized carbons (Fsp3) is 0.333. The quantitative estimate of drug-likeness (QED) is 0.421. The Morgan fingerprint density at radius 2 is 1.64 bits per heavy atom. The summed E-state index contributed by atoms with van der Waals surface area (Å²) in [7, 11) is -2.62. The molecule has 0 aliphatic carbocycles. The van der Waals surface area contributed by atoms with Crippen LogP contribution in [0.1, 0.15) is 32.3 Å². The maximum absolute atomic E-state index is 13.5. The standard InChI is InChI=1S/C27H32FN3O4S/c1-4-16-29-27(33)25(5-2)31(18-20-10-13-23(28)14-11-20)26(32)19-30(3)36(34,35)24-15-12-21-8-6-7-9-22(21)17-24/h6-15,17,25H,4-5,16,18-19H2,1-3H3,(H,29,33)/t25-/m0/s1. The van der Waals surface area contributed by atoms with E-state index in [4.69, 9.17) is 0 Å². The smallest absolute Gasteiger partial charge is 0.243 e. The van der Waals surface area contributed by atoms with Gasteiger partial charge in [-0.05, 0) is 53.4 Å². The van der Waals surface area contributed by atoms with Crippen molar-refractivity contribution >= 4 is 32.6 Å². The molecule has 9 heteroatoms. The summed E-state index contributed by atoms with van der Waals surface area (Å²) < 4.78 is 41.0. The molecule has 7 nitrogen and oxygen atoms in total. The van der Waals surface area contributed by atoms with Crippen LogP contribution in [0.4, 0.5) is 4.39 Å². The molecule has 0 bridgehead atoms. The van der Waals surface area contributed by atoms with Crippen molar-refractivity contribution in [3.8, 4) is 0 Å². The van der Waals surface area contributed by atoms with E-state index in [1.165, 1.54) is 30.1 Å². The Labute approximate surface area is 212 Å². The number of fused-ring (bicyclic) bond motifs is 1. The van der Waals surface area contributed by atoms with Gasteiger partial charge in [-0.15, -0.1) is 0 Å². The van der Waals surface area contributed by atoms with Crippen LogP contribution in [0.3, 0.4) is 0 Å². The van der Waals surface area contributed by atoms with Gasteiger partial charge in [0.25, 0.3) is 0 Å². The van der Waals surface area contributed by atoms with Gasteiger partial charge in [-0.2, -0.15) is 4.31 Å². The highest BCUT2D eigenvalue weighted by molar-refractivity contribution is 7.89. The molecule has 3 rings (SSSR count). The monoisotopic (exact) mass is 513 g/mol. The maximum Gasteiger partial charge on any atom is 0.243 e. The summed E-state index contributed by atoms with van der Waals surface area (Å²) in [6, 6.07) is 17.1. The Balaban J connectivity index is 1.86. The van der Waals surface area contributed by atoms with Crippen molar-refractivity contribution in [2.24, 2.45) is 0 Å². The lowest BCUT2D eigenvalue weighted by molar-refractivity contribution is -0.141. The number of rotatable bonds is 11. The molecule has 0 heterocycles. The summed E-state index contributed by atoms with van der Waals surface area (Å²) in [6.45, 7) is 3.77. The first-order valence-corrected chi connectivity index (χ1v) is 13.4. The molecule has 0 aliphatic rings. The molecule has 0 fully saturated rings. The van der Waals surface area contributed by atoms with Gasteiger partial charge in [0.2, 0.25) is 21.8 Å². The van der Waals surface area contributed by atoms with Crippen molar-refractivity contribution in [3.05, 3.63) is 78.1 Å². The van der Waals surface area contributed by atoms with Gasteiger partial charge in [0.1, 0.15) is 11.9 Å². The largest absolute Gasteiger partial charge is 0.354 e. The van der Waals surface area contributed by atoms with Crippen LogP contribution in [0.25, 0.3) is 10.8 Å². The summed E-state index contributed by atoms with van der Waals surface area (Å²) >= 11 is 0. The van der Waals surface area contributed by atoms with E-state index < -0.39 is 34.3 Å². The minimum Gasteiger partial charge on any atom is -0.354 e. The Kier molecular flexibility index (Phi) is 9.17. The van der Waals surface area contributed by atoms with Crippen LogP contribution in [0.15, 0.2) is 71.6 Å². The van der Waals surface area contributed by atoms with Crippen molar-refractivity contribution in [3.63, 3.8) is 0 Å². The SMILES string of the molecule is CCCNC(=O)[C@H](CC)N(Cc1ccc(F)cc1)C(=O)CN(C)S(=O)(=O)c1ccc2ccccc2c1. The molecule has 1 atom stereocenters. The van der Waals surface area contributed by atoms with E-state index in [9.17, 15) is 22.4 Å². The third-order valence-electron chi connectivity index (χ3n) is 5.99. The number of nitrogens with zero attached hydrogens (tertiary/aromatic N) is 2. The van der Waals surface area contributed by atoms with Gasteiger partial charge >= 0.3 is 0 Å². The molecule has 0 saturated carbocycles. The number of halogens is 1. The first kappa shape index (κ1) is 27.3. The minimum atomic E-state index is -3.97. The third-order valence-corrected chi connectivity index (χ3v) is 7.79.